The largest absolute Gasteiger partial charge is 0.442 e. The van der Waals surface area contributed by atoms with Crippen LogP contribution in [0.4, 0.5) is 0 Å². The van der Waals surface area contributed by atoms with Gasteiger partial charge in [0, 0.05) is 13.0 Å². The van der Waals surface area contributed by atoms with Crippen molar-refractivity contribution in [3.8, 4) is 46.3 Å². The lowest BCUT2D eigenvalue weighted by atomic mass is 10.1. The molecule has 6 rings (SSSR count). The molecule has 1 amide bonds. The van der Waals surface area contributed by atoms with Crippen LogP contribution < -0.4 is 5.32 Å². The van der Waals surface area contributed by atoms with E-state index in [-0.39, 0.29) is 46.6 Å². The number of hydrogen-bond acceptors (Lipinski definition) is 11. The highest BCUT2D eigenvalue weighted by Crippen LogP contribution is 2.28. The van der Waals surface area contributed by atoms with Crippen molar-refractivity contribution in [1.29, 1.82) is 0 Å². The van der Waals surface area contributed by atoms with Gasteiger partial charge in [0.25, 0.3) is 5.91 Å². The maximum Gasteiger partial charge on any atom is 0.273 e. The van der Waals surface area contributed by atoms with Crippen LogP contribution in [0.1, 0.15) is 58.6 Å². The molecule has 38 heavy (non-hydrogen) atoms. The summed E-state index contributed by atoms with van der Waals surface area (Å²) in [6.07, 6.45) is 8.93. The zero-order valence-corrected chi connectivity index (χ0v) is 20.4. The second-order valence-electron chi connectivity index (χ2n) is 8.91. The number of hydrogen-bond donors (Lipinski definition) is 1. The van der Waals surface area contributed by atoms with Crippen LogP contribution >= 0.6 is 0 Å². The van der Waals surface area contributed by atoms with Crippen LogP contribution in [0.3, 0.4) is 0 Å². The summed E-state index contributed by atoms with van der Waals surface area (Å²) in [7, 11) is 0. The maximum atomic E-state index is 12.6. The van der Waals surface area contributed by atoms with E-state index in [1.807, 2.05) is 6.92 Å². The number of nitrogens with one attached hydrogen (secondary N) is 1. The van der Waals surface area contributed by atoms with Gasteiger partial charge in [-0.05, 0) is 37.5 Å². The minimum absolute atomic E-state index is 0.108. The van der Waals surface area contributed by atoms with Crippen molar-refractivity contribution in [1.82, 2.24) is 30.2 Å². The molecule has 5 aromatic rings. The molecule has 192 valence electrons. The standard InChI is InChI=1S/C26H22N6O6/c1-14-8-15-23-31-19(12-37-23)25-29-17(10-35-25)21(33)6-4-2-3-5-7-27-22(34)18-11-36-26(30-18)20-13-38-24(32-20)16(9-14)28-15/h8-13H,2-7H2,1H3,(H,27,34). The van der Waals surface area contributed by atoms with Gasteiger partial charge in [-0.25, -0.2) is 24.9 Å². The van der Waals surface area contributed by atoms with Crippen LogP contribution in [0.25, 0.3) is 46.3 Å². The van der Waals surface area contributed by atoms with E-state index in [0.29, 0.717) is 42.2 Å². The molecule has 0 aromatic carbocycles. The lowest BCUT2D eigenvalue weighted by molar-refractivity contribution is 0.0947. The average Bonchev–Trinajstić information content (AvgIpc) is 3.72. The monoisotopic (exact) mass is 514 g/mol. The van der Waals surface area contributed by atoms with Gasteiger partial charge in [-0.15, -0.1) is 0 Å². The molecule has 10 bridgehead atoms. The van der Waals surface area contributed by atoms with Gasteiger partial charge in [-0.3, -0.25) is 9.59 Å². The average molecular weight is 514 g/mol. The van der Waals surface area contributed by atoms with Gasteiger partial charge < -0.3 is 23.0 Å². The van der Waals surface area contributed by atoms with Gasteiger partial charge in [0.2, 0.25) is 23.6 Å². The Labute approximate surface area is 215 Å². The second kappa shape index (κ2) is 9.88. The van der Waals surface area contributed by atoms with Crippen molar-refractivity contribution in [2.75, 3.05) is 6.54 Å². The molecule has 0 saturated heterocycles. The van der Waals surface area contributed by atoms with Gasteiger partial charge >= 0.3 is 0 Å². The van der Waals surface area contributed by atoms with E-state index in [9.17, 15) is 9.59 Å². The number of Topliss-reactive ketones (excluding diaryl/α,β-unsaturated/α-hetero) is 1. The van der Waals surface area contributed by atoms with Gasteiger partial charge in [0.15, 0.2) is 22.9 Å². The molecule has 12 nitrogen and oxygen atoms in total. The minimum atomic E-state index is -0.342. The van der Waals surface area contributed by atoms with Crippen LogP contribution in [0.2, 0.25) is 0 Å². The Morgan fingerprint density at radius 2 is 1.11 bits per heavy atom. The number of carbonyl (C=O) groups is 2. The fraction of sp³-hybridized carbons (Fsp3) is 0.269. The van der Waals surface area contributed by atoms with Crippen LogP contribution in [0.15, 0.2) is 54.9 Å². The lowest BCUT2D eigenvalue weighted by Crippen LogP contribution is -2.24. The van der Waals surface area contributed by atoms with E-state index >= 15 is 0 Å². The Hall–Kier alpha value is -4.87. The zero-order chi connectivity index (χ0) is 26.1. The third-order valence-corrected chi connectivity index (χ3v) is 6.00. The number of rotatable bonds is 0. The predicted molar refractivity (Wildman–Crippen MR) is 131 cm³/mol. The summed E-state index contributed by atoms with van der Waals surface area (Å²) in [5, 5.41) is 2.83. The molecular formula is C26H22N6O6. The summed E-state index contributed by atoms with van der Waals surface area (Å²) in [5.74, 6) is 0.352. The number of oxazole rings is 4. The first-order valence-electron chi connectivity index (χ1n) is 12.2. The third-order valence-electron chi connectivity index (χ3n) is 6.00. The molecule has 0 aliphatic carbocycles. The van der Waals surface area contributed by atoms with Crippen LogP contribution in [-0.2, 0) is 0 Å². The molecule has 6 heterocycles. The summed E-state index contributed by atoms with van der Waals surface area (Å²) in [5.41, 5.74) is 2.81. The van der Waals surface area contributed by atoms with Crippen molar-refractivity contribution >= 4 is 11.7 Å². The zero-order valence-electron chi connectivity index (χ0n) is 20.4. The number of aryl methyl sites for hydroxylation is 1. The van der Waals surface area contributed by atoms with Gasteiger partial charge in [-0.2, -0.15) is 0 Å². The molecule has 0 saturated carbocycles. The number of amides is 1. The maximum absolute atomic E-state index is 12.6. The van der Waals surface area contributed by atoms with Gasteiger partial charge in [0.05, 0.1) is 0 Å². The fourth-order valence-electron chi connectivity index (χ4n) is 4.07. The number of aromatic nitrogens is 5. The van der Waals surface area contributed by atoms with Gasteiger partial charge in [0.1, 0.15) is 42.1 Å². The highest BCUT2D eigenvalue weighted by atomic mass is 16.4. The molecule has 0 fully saturated rings. The van der Waals surface area contributed by atoms with Gasteiger partial charge in [-0.1, -0.05) is 12.8 Å². The molecule has 12 heteroatoms. The van der Waals surface area contributed by atoms with Crippen molar-refractivity contribution < 1.29 is 27.3 Å². The molecule has 1 aliphatic heterocycles. The molecule has 0 atom stereocenters. The Morgan fingerprint density at radius 1 is 0.605 bits per heavy atom. The summed E-state index contributed by atoms with van der Waals surface area (Å²) >= 11 is 0. The van der Waals surface area contributed by atoms with E-state index in [1.165, 1.54) is 25.1 Å². The molecular weight excluding hydrogens is 492 g/mol. The summed E-state index contributed by atoms with van der Waals surface area (Å²) < 4.78 is 22.2. The third kappa shape index (κ3) is 4.75. The van der Waals surface area contributed by atoms with E-state index in [4.69, 9.17) is 17.7 Å². The lowest BCUT2D eigenvalue weighted by Gasteiger charge is -2.03. The SMILES string of the molecule is Cc1cc2nc(c1)-c1nc(co1)-c1nc(co1)C(=O)NCCCCCCC(=O)c1coc(n1)-c1coc-2n1. The minimum Gasteiger partial charge on any atom is -0.442 e. The molecule has 0 spiro atoms. The highest BCUT2D eigenvalue weighted by Gasteiger charge is 2.21. The summed E-state index contributed by atoms with van der Waals surface area (Å²) in [6, 6.07) is 3.60. The van der Waals surface area contributed by atoms with Crippen LogP contribution in [-0.4, -0.2) is 43.2 Å². The van der Waals surface area contributed by atoms with Crippen molar-refractivity contribution in [3.63, 3.8) is 0 Å². The topological polar surface area (TPSA) is 163 Å². The number of ketones is 1. The van der Waals surface area contributed by atoms with E-state index < -0.39 is 0 Å². The van der Waals surface area contributed by atoms with Crippen LogP contribution in [0.5, 0.6) is 0 Å². The molecule has 0 unspecified atom stereocenters. The molecule has 5 aromatic heterocycles. The number of carbonyl (C=O) groups excluding carboxylic acids is 2. The first kappa shape index (κ1) is 23.5. The number of nitrogens with zero attached hydrogens (tertiary/aromatic N) is 5. The van der Waals surface area contributed by atoms with Crippen molar-refractivity contribution in [3.05, 3.63) is 54.1 Å². The van der Waals surface area contributed by atoms with E-state index in [0.717, 1.165) is 24.8 Å². The van der Waals surface area contributed by atoms with E-state index in [1.54, 1.807) is 12.1 Å². The predicted octanol–water partition coefficient (Wildman–Crippen LogP) is 4.89. The first-order valence-corrected chi connectivity index (χ1v) is 12.2. The second-order valence-corrected chi connectivity index (χ2v) is 8.91. The normalized spacial score (nSPS) is 14.7. The first-order chi connectivity index (χ1) is 18.5. The van der Waals surface area contributed by atoms with E-state index in [2.05, 4.69) is 30.2 Å². The Morgan fingerprint density at radius 3 is 1.76 bits per heavy atom. The number of fused-ring (bicyclic) bond motifs is 14. The number of pyridine rings is 1. The Balaban J connectivity index is 1.34. The van der Waals surface area contributed by atoms with Crippen molar-refractivity contribution in [2.45, 2.75) is 39.0 Å². The Bertz CT molecular complexity index is 1510. The molecule has 1 N–H and O–H groups in total. The molecule has 0 radical (unpaired) electrons. The van der Waals surface area contributed by atoms with Crippen LogP contribution in [0, 0.1) is 6.92 Å². The summed E-state index contributed by atoms with van der Waals surface area (Å²) in [4.78, 5) is 47.0. The highest BCUT2D eigenvalue weighted by molar-refractivity contribution is 5.94. The quantitative estimate of drug-likeness (QED) is 0.299. The smallest absolute Gasteiger partial charge is 0.273 e. The van der Waals surface area contributed by atoms with Crippen molar-refractivity contribution in [2.24, 2.45) is 0 Å². The summed E-state index contributed by atoms with van der Waals surface area (Å²) in [6.45, 7) is 2.37. The Kier molecular flexibility index (Phi) is 6.12. The molecule has 1 aliphatic rings. The fourth-order valence-corrected chi connectivity index (χ4v) is 4.07.